The Bertz CT molecular complexity index is 471. The van der Waals surface area contributed by atoms with Crippen LogP contribution in [0.1, 0.15) is 17.5 Å². The Morgan fingerprint density at radius 1 is 1.30 bits per heavy atom. The standard InChI is InChI=1S/C12H11F5O3/c1-19-10(18)5-3-7-2-4-9(20-11(13)14)8(6-7)12(15,16)17/h2,4,6,11H,3,5H2,1H3. The van der Waals surface area contributed by atoms with Crippen molar-refractivity contribution >= 4 is 5.97 Å². The average molecular weight is 298 g/mol. The van der Waals surface area contributed by atoms with Crippen molar-refractivity contribution in [3.05, 3.63) is 29.3 Å². The van der Waals surface area contributed by atoms with Gasteiger partial charge in [0.2, 0.25) is 0 Å². The van der Waals surface area contributed by atoms with Gasteiger partial charge in [-0.15, -0.1) is 0 Å². The number of carbonyl (C=O) groups is 1. The van der Waals surface area contributed by atoms with Gasteiger partial charge in [0.05, 0.1) is 12.7 Å². The largest absolute Gasteiger partial charge is 0.469 e. The van der Waals surface area contributed by atoms with Gasteiger partial charge in [0, 0.05) is 6.42 Å². The van der Waals surface area contributed by atoms with E-state index in [4.69, 9.17) is 0 Å². The number of esters is 1. The first kappa shape index (κ1) is 16.2. The summed E-state index contributed by atoms with van der Waals surface area (Å²) in [5.74, 6) is -1.53. The molecule has 1 aromatic carbocycles. The number of hydrogen-bond donors (Lipinski definition) is 0. The van der Waals surface area contributed by atoms with Crippen molar-refractivity contribution in [1.82, 2.24) is 0 Å². The number of aryl methyl sites for hydroxylation is 1. The summed E-state index contributed by atoms with van der Waals surface area (Å²) >= 11 is 0. The van der Waals surface area contributed by atoms with Gasteiger partial charge < -0.3 is 9.47 Å². The molecular formula is C12H11F5O3. The molecule has 0 aliphatic rings. The lowest BCUT2D eigenvalue weighted by molar-refractivity contribution is -0.142. The van der Waals surface area contributed by atoms with Crippen molar-refractivity contribution in [1.29, 1.82) is 0 Å². The average Bonchev–Trinajstić information content (AvgIpc) is 2.35. The summed E-state index contributed by atoms with van der Waals surface area (Å²) in [7, 11) is 1.16. The first-order valence-corrected chi connectivity index (χ1v) is 5.45. The minimum atomic E-state index is -4.83. The summed E-state index contributed by atoms with van der Waals surface area (Å²) in [5.41, 5.74) is -1.13. The molecule has 0 saturated heterocycles. The number of rotatable bonds is 5. The van der Waals surface area contributed by atoms with E-state index in [0.29, 0.717) is 6.07 Å². The molecule has 0 spiro atoms. The second-order valence-corrected chi connectivity index (χ2v) is 3.78. The number of carbonyl (C=O) groups excluding carboxylic acids is 1. The molecule has 0 aliphatic carbocycles. The highest BCUT2D eigenvalue weighted by Gasteiger charge is 2.35. The molecule has 0 heterocycles. The van der Waals surface area contributed by atoms with Gasteiger partial charge in [-0.1, -0.05) is 6.07 Å². The minimum Gasteiger partial charge on any atom is -0.469 e. The van der Waals surface area contributed by atoms with Crippen molar-refractivity contribution in [3.8, 4) is 5.75 Å². The molecule has 20 heavy (non-hydrogen) atoms. The van der Waals surface area contributed by atoms with Crippen LogP contribution in [0.15, 0.2) is 18.2 Å². The van der Waals surface area contributed by atoms with Gasteiger partial charge in [0.1, 0.15) is 5.75 Å². The zero-order valence-electron chi connectivity index (χ0n) is 10.3. The van der Waals surface area contributed by atoms with Crippen LogP contribution >= 0.6 is 0 Å². The monoisotopic (exact) mass is 298 g/mol. The molecule has 0 fully saturated rings. The predicted molar refractivity (Wildman–Crippen MR) is 58.4 cm³/mol. The molecule has 112 valence electrons. The summed E-state index contributed by atoms with van der Waals surface area (Å²) in [6.45, 7) is -3.35. The normalized spacial score (nSPS) is 11.6. The maximum atomic E-state index is 12.7. The number of halogens is 5. The van der Waals surface area contributed by atoms with Crippen LogP contribution < -0.4 is 4.74 Å². The fraction of sp³-hybridized carbons (Fsp3) is 0.417. The van der Waals surface area contributed by atoms with Crippen LogP contribution in [0.5, 0.6) is 5.75 Å². The van der Waals surface area contributed by atoms with Crippen LogP contribution in [-0.2, 0) is 22.1 Å². The third kappa shape index (κ3) is 4.67. The van der Waals surface area contributed by atoms with Crippen molar-refractivity contribution in [3.63, 3.8) is 0 Å². The van der Waals surface area contributed by atoms with E-state index < -0.39 is 30.1 Å². The number of hydrogen-bond acceptors (Lipinski definition) is 3. The molecule has 0 unspecified atom stereocenters. The Hall–Kier alpha value is -1.86. The highest BCUT2D eigenvalue weighted by atomic mass is 19.4. The zero-order chi connectivity index (χ0) is 15.3. The zero-order valence-corrected chi connectivity index (χ0v) is 10.3. The molecule has 0 aliphatic heterocycles. The van der Waals surface area contributed by atoms with Crippen LogP contribution in [0.3, 0.4) is 0 Å². The van der Waals surface area contributed by atoms with Gasteiger partial charge in [-0.2, -0.15) is 22.0 Å². The second-order valence-electron chi connectivity index (χ2n) is 3.78. The maximum absolute atomic E-state index is 12.7. The number of alkyl halides is 5. The number of methoxy groups -OCH3 is 1. The molecule has 0 radical (unpaired) electrons. The molecule has 3 nitrogen and oxygen atoms in total. The Morgan fingerprint density at radius 2 is 1.95 bits per heavy atom. The van der Waals surface area contributed by atoms with Crippen molar-refractivity contribution in [2.75, 3.05) is 7.11 Å². The molecule has 0 bridgehead atoms. The molecule has 8 heteroatoms. The molecule has 1 rings (SSSR count). The Morgan fingerprint density at radius 3 is 2.45 bits per heavy atom. The Kier molecular flexibility index (Phi) is 5.29. The molecule has 0 aromatic heterocycles. The first-order chi connectivity index (χ1) is 9.24. The van der Waals surface area contributed by atoms with Crippen molar-refractivity contribution < 1.29 is 36.2 Å². The Labute approximate surface area is 111 Å². The summed E-state index contributed by atoms with van der Waals surface area (Å²) < 4.78 is 70.4. The van der Waals surface area contributed by atoms with E-state index in [1.165, 1.54) is 6.07 Å². The lowest BCUT2D eigenvalue weighted by atomic mass is 10.1. The highest BCUT2D eigenvalue weighted by Crippen LogP contribution is 2.37. The molecule has 0 N–H and O–H groups in total. The second kappa shape index (κ2) is 6.53. The number of ether oxygens (including phenoxy) is 2. The predicted octanol–water partition coefficient (Wildman–Crippen LogP) is 3.41. The lowest BCUT2D eigenvalue weighted by Crippen LogP contribution is -2.12. The summed E-state index contributed by atoms with van der Waals surface area (Å²) in [5, 5.41) is 0. The van der Waals surface area contributed by atoms with Gasteiger partial charge in [0.25, 0.3) is 0 Å². The SMILES string of the molecule is COC(=O)CCc1ccc(OC(F)F)c(C(F)(F)F)c1. The van der Waals surface area contributed by atoms with Crippen LogP contribution in [0.2, 0.25) is 0 Å². The smallest absolute Gasteiger partial charge is 0.419 e. The van der Waals surface area contributed by atoms with E-state index in [9.17, 15) is 26.7 Å². The molecule has 0 amide bonds. The van der Waals surface area contributed by atoms with E-state index in [1.54, 1.807) is 0 Å². The molecular weight excluding hydrogens is 287 g/mol. The van der Waals surface area contributed by atoms with Gasteiger partial charge in [-0.3, -0.25) is 4.79 Å². The first-order valence-electron chi connectivity index (χ1n) is 5.45. The maximum Gasteiger partial charge on any atom is 0.419 e. The fourth-order valence-corrected chi connectivity index (χ4v) is 1.50. The third-order valence-electron chi connectivity index (χ3n) is 2.41. The summed E-state index contributed by atoms with van der Waals surface area (Å²) in [4.78, 5) is 10.9. The van der Waals surface area contributed by atoms with Crippen LogP contribution in [0, 0.1) is 0 Å². The minimum absolute atomic E-state index is 0.00467. The number of benzene rings is 1. The van der Waals surface area contributed by atoms with Gasteiger partial charge in [0.15, 0.2) is 0 Å². The van der Waals surface area contributed by atoms with Crippen molar-refractivity contribution in [2.24, 2.45) is 0 Å². The summed E-state index contributed by atoms with van der Waals surface area (Å²) in [6, 6.07) is 2.68. The molecule has 1 aromatic rings. The van der Waals surface area contributed by atoms with E-state index in [-0.39, 0.29) is 18.4 Å². The topological polar surface area (TPSA) is 35.5 Å². The van der Waals surface area contributed by atoms with Gasteiger partial charge >= 0.3 is 18.8 Å². The Balaban J connectivity index is 2.99. The highest BCUT2D eigenvalue weighted by molar-refractivity contribution is 5.69. The van der Waals surface area contributed by atoms with Gasteiger partial charge in [-0.05, 0) is 24.1 Å². The lowest BCUT2D eigenvalue weighted by Gasteiger charge is -2.14. The van der Waals surface area contributed by atoms with E-state index >= 15 is 0 Å². The van der Waals surface area contributed by atoms with E-state index in [2.05, 4.69) is 9.47 Å². The summed E-state index contributed by atoms with van der Waals surface area (Å²) in [6.07, 6.45) is -4.93. The quantitative estimate of drug-likeness (QED) is 0.617. The van der Waals surface area contributed by atoms with Crippen LogP contribution in [0.4, 0.5) is 22.0 Å². The third-order valence-corrected chi connectivity index (χ3v) is 2.41. The molecule has 0 atom stereocenters. The van der Waals surface area contributed by atoms with Gasteiger partial charge in [-0.25, -0.2) is 0 Å². The van der Waals surface area contributed by atoms with E-state index in [1.807, 2.05) is 0 Å². The van der Waals surface area contributed by atoms with E-state index in [0.717, 1.165) is 13.2 Å². The molecule has 0 saturated carbocycles. The fourth-order valence-electron chi connectivity index (χ4n) is 1.50. The van der Waals surface area contributed by atoms with Crippen LogP contribution in [-0.4, -0.2) is 19.7 Å². The van der Waals surface area contributed by atoms with Crippen molar-refractivity contribution in [2.45, 2.75) is 25.6 Å². The van der Waals surface area contributed by atoms with Crippen LogP contribution in [0.25, 0.3) is 0 Å².